The summed E-state index contributed by atoms with van der Waals surface area (Å²) in [5.41, 5.74) is 4.44. The van der Waals surface area contributed by atoms with E-state index in [2.05, 4.69) is 47.5 Å². The molecule has 1 aliphatic rings. The summed E-state index contributed by atoms with van der Waals surface area (Å²) >= 11 is 6.68. The van der Waals surface area contributed by atoms with Gasteiger partial charge in [0.1, 0.15) is 17.6 Å². The van der Waals surface area contributed by atoms with E-state index in [4.69, 9.17) is 11.6 Å². The van der Waals surface area contributed by atoms with Crippen molar-refractivity contribution in [1.29, 1.82) is 5.26 Å². The first-order chi connectivity index (χ1) is 16.7. The van der Waals surface area contributed by atoms with Gasteiger partial charge in [0.15, 0.2) is 0 Å². The molecule has 5 rings (SSSR count). The summed E-state index contributed by atoms with van der Waals surface area (Å²) in [4.78, 5) is 4.47. The van der Waals surface area contributed by atoms with Crippen LogP contribution in [0.1, 0.15) is 68.1 Å². The summed E-state index contributed by atoms with van der Waals surface area (Å²) in [6.45, 7) is 6.41. The van der Waals surface area contributed by atoms with Crippen molar-refractivity contribution < 1.29 is 4.39 Å². The smallest absolute Gasteiger partial charge is 0.123 e. The first-order valence-electron chi connectivity index (χ1n) is 11.7. The number of nitriles is 1. The lowest BCUT2D eigenvalue weighted by Crippen LogP contribution is -2.14. The molecule has 0 amide bonds. The SMILES string of the molecule is CC(C)(C)Cc1c(C#N)cnc2c(Cl)cc(N[C@@H](c3ccc(F)cc3)c3cn(C4CC4)nn3)cc12. The fourth-order valence-electron chi connectivity index (χ4n) is 4.30. The second-order valence-corrected chi connectivity index (χ2v) is 10.7. The zero-order valence-electron chi connectivity index (χ0n) is 19.9. The molecule has 1 saturated carbocycles. The summed E-state index contributed by atoms with van der Waals surface area (Å²) < 4.78 is 15.6. The van der Waals surface area contributed by atoms with Crippen molar-refractivity contribution in [3.8, 4) is 6.07 Å². The van der Waals surface area contributed by atoms with E-state index in [1.807, 2.05) is 23.0 Å². The average Bonchev–Trinajstić information content (AvgIpc) is 3.55. The number of nitrogens with zero attached hydrogens (tertiary/aromatic N) is 5. The highest BCUT2D eigenvalue weighted by molar-refractivity contribution is 6.35. The third-order valence-electron chi connectivity index (χ3n) is 6.12. The summed E-state index contributed by atoms with van der Waals surface area (Å²) in [6, 6.07) is 12.5. The van der Waals surface area contributed by atoms with Gasteiger partial charge in [-0.15, -0.1) is 5.10 Å². The Morgan fingerprint density at radius 1 is 1.23 bits per heavy atom. The van der Waals surface area contributed by atoms with Crippen LogP contribution in [0.5, 0.6) is 0 Å². The third-order valence-corrected chi connectivity index (χ3v) is 6.41. The summed E-state index contributed by atoms with van der Waals surface area (Å²) in [5, 5.41) is 23.3. The molecule has 6 nitrogen and oxygen atoms in total. The summed E-state index contributed by atoms with van der Waals surface area (Å²) in [6.07, 6.45) is 6.44. The Balaban J connectivity index is 1.60. The second kappa shape index (κ2) is 8.94. The van der Waals surface area contributed by atoms with E-state index in [1.54, 1.807) is 18.3 Å². The average molecular weight is 489 g/mol. The van der Waals surface area contributed by atoms with Gasteiger partial charge in [0.05, 0.1) is 34.4 Å². The highest BCUT2D eigenvalue weighted by Crippen LogP contribution is 2.37. The molecule has 1 N–H and O–H groups in total. The predicted molar refractivity (Wildman–Crippen MR) is 135 cm³/mol. The number of pyridine rings is 1. The van der Waals surface area contributed by atoms with Crippen LogP contribution >= 0.6 is 11.6 Å². The Hall–Kier alpha value is -3.50. The van der Waals surface area contributed by atoms with Crippen molar-refractivity contribution in [1.82, 2.24) is 20.0 Å². The largest absolute Gasteiger partial charge is 0.373 e. The molecule has 2 heterocycles. The van der Waals surface area contributed by atoms with Gasteiger partial charge in [-0.1, -0.05) is 49.7 Å². The van der Waals surface area contributed by atoms with Crippen LogP contribution in [0.2, 0.25) is 5.02 Å². The number of anilines is 1. The van der Waals surface area contributed by atoms with Gasteiger partial charge in [0.2, 0.25) is 0 Å². The summed E-state index contributed by atoms with van der Waals surface area (Å²) in [7, 11) is 0. The number of aromatic nitrogens is 4. The van der Waals surface area contributed by atoms with E-state index < -0.39 is 0 Å². The van der Waals surface area contributed by atoms with E-state index >= 15 is 0 Å². The first-order valence-corrected chi connectivity index (χ1v) is 12.0. The van der Waals surface area contributed by atoms with E-state index in [0.29, 0.717) is 28.6 Å². The molecular weight excluding hydrogens is 463 g/mol. The molecule has 1 fully saturated rings. The molecule has 35 heavy (non-hydrogen) atoms. The highest BCUT2D eigenvalue weighted by Gasteiger charge is 2.27. The highest BCUT2D eigenvalue weighted by atomic mass is 35.5. The van der Waals surface area contributed by atoms with Crippen molar-refractivity contribution in [2.45, 2.75) is 52.1 Å². The Bertz CT molecular complexity index is 1430. The molecule has 1 aliphatic carbocycles. The molecule has 8 heteroatoms. The minimum absolute atomic E-state index is 0.0340. The number of rotatable bonds is 6. The number of benzene rings is 2. The van der Waals surface area contributed by atoms with E-state index in [-0.39, 0.29) is 17.3 Å². The standard InChI is InChI=1S/C27H26ClFN6/c1-27(2,3)12-22-17(13-30)14-31-26-21(22)10-19(11-23(26)28)32-25(16-4-6-18(29)7-5-16)24-15-35(34-33-24)20-8-9-20/h4-7,10-11,14-15,20,25,32H,8-9,12H2,1-3H3/t25-/m0/s1. The molecule has 2 aromatic heterocycles. The number of nitrogens with one attached hydrogen (secondary N) is 1. The lowest BCUT2D eigenvalue weighted by Gasteiger charge is -2.22. The molecule has 4 aromatic rings. The zero-order valence-corrected chi connectivity index (χ0v) is 20.6. The van der Waals surface area contributed by atoms with Gasteiger partial charge in [-0.3, -0.25) is 4.98 Å². The van der Waals surface area contributed by atoms with Gasteiger partial charge in [-0.2, -0.15) is 5.26 Å². The Morgan fingerprint density at radius 3 is 2.63 bits per heavy atom. The van der Waals surface area contributed by atoms with Crippen molar-refractivity contribution in [3.05, 3.63) is 82.0 Å². The fraction of sp³-hybridized carbons (Fsp3) is 0.333. The van der Waals surface area contributed by atoms with E-state index in [9.17, 15) is 9.65 Å². The molecule has 0 spiro atoms. The lowest BCUT2D eigenvalue weighted by atomic mass is 9.85. The van der Waals surface area contributed by atoms with Crippen LogP contribution in [0.3, 0.4) is 0 Å². The van der Waals surface area contributed by atoms with Gasteiger partial charge in [-0.05, 0) is 60.1 Å². The van der Waals surface area contributed by atoms with E-state index in [1.165, 1.54) is 12.1 Å². The van der Waals surface area contributed by atoms with Gasteiger partial charge >= 0.3 is 0 Å². The second-order valence-electron chi connectivity index (χ2n) is 10.3. The van der Waals surface area contributed by atoms with Crippen LogP contribution < -0.4 is 5.32 Å². The molecule has 0 bridgehead atoms. The van der Waals surface area contributed by atoms with Crippen LogP contribution in [0, 0.1) is 22.6 Å². The van der Waals surface area contributed by atoms with E-state index in [0.717, 1.165) is 40.7 Å². The Kier molecular flexibility index (Phi) is 5.94. The maximum Gasteiger partial charge on any atom is 0.123 e. The molecule has 0 aliphatic heterocycles. The van der Waals surface area contributed by atoms with Crippen LogP contribution in [-0.4, -0.2) is 20.0 Å². The first kappa shape index (κ1) is 23.3. The Labute approximate surface area is 208 Å². The van der Waals surface area contributed by atoms with Gasteiger partial charge in [0, 0.05) is 17.3 Å². The van der Waals surface area contributed by atoms with Crippen molar-refractivity contribution in [3.63, 3.8) is 0 Å². The van der Waals surface area contributed by atoms with Crippen LogP contribution in [0.25, 0.3) is 10.9 Å². The van der Waals surface area contributed by atoms with Crippen LogP contribution in [0.15, 0.2) is 48.8 Å². The zero-order chi connectivity index (χ0) is 24.7. The molecule has 0 radical (unpaired) electrons. The molecular formula is C27H26ClFN6. The molecule has 0 saturated heterocycles. The molecule has 2 aromatic carbocycles. The summed E-state index contributed by atoms with van der Waals surface area (Å²) in [5.74, 6) is -0.301. The fourth-order valence-corrected chi connectivity index (χ4v) is 4.57. The predicted octanol–water partition coefficient (Wildman–Crippen LogP) is 6.62. The Morgan fingerprint density at radius 2 is 1.97 bits per heavy atom. The van der Waals surface area contributed by atoms with Crippen LogP contribution in [-0.2, 0) is 6.42 Å². The van der Waals surface area contributed by atoms with Gasteiger partial charge < -0.3 is 5.32 Å². The quantitative estimate of drug-likeness (QED) is 0.330. The number of halogens is 2. The molecule has 1 atom stereocenters. The number of hydrogen-bond acceptors (Lipinski definition) is 5. The minimum atomic E-state index is -0.366. The normalized spacial score (nSPS) is 14.6. The van der Waals surface area contributed by atoms with Crippen molar-refractivity contribution >= 4 is 28.2 Å². The van der Waals surface area contributed by atoms with Gasteiger partial charge in [0.25, 0.3) is 0 Å². The molecule has 178 valence electrons. The minimum Gasteiger partial charge on any atom is -0.373 e. The number of fused-ring (bicyclic) bond motifs is 1. The number of hydrogen-bond donors (Lipinski definition) is 1. The monoisotopic (exact) mass is 488 g/mol. The molecule has 0 unspecified atom stereocenters. The van der Waals surface area contributed by atoms with Crippen LogP contribution in [0.4, 0.5) is 10.1 Å². The lowest BCUT2D eigenvalue weighted by molar-refractivity contribution is 0.412. The van der Waals surface area contributed by atoms with Crippen molar-refractivity contribution in [2.75, 3.05) is 5.32 Å². The third kappa shape index (κ3) is 4.98. The maximum atomic E-state index is 13.7. The topological polar surface area (TPSA) is 79.4 Å². The maximum absolute atomic E-state index is 13.7. The van der Waals surface area contributed by atoms with Gasteiger partial charge in [-0.25, -0.2) is 9.07 Å². The van der Waals surface area contributed by atoms with Crippen molar-refractivity contribution in [2.24, 2.45) is 5.41 Å².